The quantitative estimate of drug-likeness (QED) is 0.127. The standard InChI is InChI=1S/C33H56O7/c1-3-12-24-21-25(22-24)29(39-32-15-8-10-19-37-32)18-17-27-26(13-6-4-5-7-14-31(35)36-2)28(34)23-30(27)40-33-16-9-11-20-38-33/h17-18,24-30,32-34H,3-16,19-23H2,1-2H3/t24?,25?,26-,27-,28+,29-,30-,32?,33?/m1/s1. The molecule has 0 amide bonds. The fourth-order valence-electron chi connectivity index (χ4n) is 7.26. The smallest absolute Gasteiger partial charge is 0.305 e. The molecular weight excluding hydrogens is 508 g/mol. The van der Waals surface area contributed by atoms with Crippen LogP contribution in [0.25, 0.3) is 0 Å². The van der Waals surface area contributed by atoms with Crippen LogP contribution in [0.5, 0.6) is 0 Å². The number of hydrogen-bond donors (Lipinski definition) is 1. The molecule has 1 N–H and O–H groups in total. The first-order valence-corrected chi connectivity index (χ1v) is 16.5. The van der Waals surface area contributed by atoms with Crippen LogP contribution in [0.1, 0.15) is 116 Å². The Morgan fingerprint density at radius 2 is 1.68 bits per heavy atom. The number of carbonyl (C=O) groups is 1. The minimum Gasteiger partial charge on any atom is -0.469 e. The Morgan fingerprint density at radius 1 is 0.950 bits per heavy atom. The summed E-state index contributed by atoms with van der Waals surface area (Å²) in [6.07, 6.45) is 21.5. The minimum atomic E-state index is -0.378. The maximum Gasteiger partial charge on any atom is 0.305 e. The monoisotopic (exact) mass is 564 g/mol. The largest absolute Gasteiger partial charge is 0.469 e. The molecule has 0 aromatic rings. The lowest BCUT2D eigenvalue weighted by atomic mass is 9.70. The number of aliphatic hydroxyl groups excluding tert-OH is 1. The van der Waals surface area contributed by atoms with Crippen LogP contribution in [0.3, 0.4) is 0 Å². The molecule has 2 aliphatic carbocycles. The van der Waals surface area contributed by atoms with Crippen molar-refractivity contribution in [1.82, 2.24) is 0 Å². The van der Waals surface area contributed by atoms with Gasteiger partial charge in [-0.3, -0.25) is 4.79 Å². The summed E-state index contributed by atoms with van der Waals surface area (Å²) in [5.41, 5.74) is 0. The first-order valence-electron chi connectivity index (χ1n) is 16.5. The molecule has 0 aromatic carbocycles. The van der Waals surface area contributed by atoms with Gasteiger partial charge in [0, 0.05) is 32.0 Å². The van der Waals surface area contributed by atoms with Crippen LogP contribution in [-0.4, -0.2) is 62.3 Å². The first kappa shape index (κ1) is 31.9. The van der Waals surface area contributed by atoms with Gasteiger partial charge in [0.15, 0.2) is 12.6 Å². The van der Waals surface area contributed by atoms with E-state index in [4.69, 9.17) is 23.7 Å². The lowest BCUT2D eigenvalue weighted by Crippen LogP contribution is -2.38. The van der Waals surface area contributed by atoms with Crippen LogP contribution < -0.4 is 0 Å². The summed E-state index contributed by atoms with van der Waals surface area (Å²) in [5.74, 6) is 1.52. The van der Waals surface area contributed by atoms with E-state index in [1.165, 1.54) is 32.8 Å². The molecule has 0 bridgehead atoms. The third-order valence-corrected chi connectivity index (χ3v) is 9.66. The van der Waals surface area contributed by atoms with Gasteiger partial charge in [-0.2, -0.15) is 0 Å². The highest BCUT2D eigenvalue weighted by Gasteiger charge is 2.43. The molecule has 2 aliphatic heterocycles. The maximum atomic E-state index is 11.4. The van der Waals surface area contributed by atoms with E-state index >= 15 is 0 Å². The van der Waals surface area contributed by atoms with Crippen molar-refractivity contribution in [3.05, 3.63) is 12.2 Å². The Morgan fingerprint density at radius 3 is 2.35 bits per heavy atom. The van der Waals surface area contributed by atoms with Crippen molar-refractivity contribution >= 4 is 5.97 Å². The number of hydrogen-bond acceptors (Lipinski definition) is 7. The molecule has 7 atom stereocenters. The SMILES string of the molecule is CCCC1CC([C@@H](C=C[C@@H]2[C@@H](CCCCCCC(=O)OC)[C@@H](O)C[C@H]2OC2CCCCO2)OC2CCCCO2)C1. The number of aliphatic hydroxyl groups is 1. The molecule has 40 heavy (non-hydrogen) atoms. The zero-order valence-electron chi connectivity index (χ0n) is 25.2. The van der Waals surface area contributed by atoms with Gasteiger partial charge in [0.2, 0.25) is 0 Å². The summed E-state index contributed by atoms with van der Waals surface area (Å²) in [5, 5.41) is 11.2. The highest BCUT2D eigenvalue weighted by molar-refractivity contribution is 5.68. The van der Waals surface area contributed by atoms with E-state index in [1.807, 2.05) is 0 Å². The Hall–Kier alpha value is -0.990. The molecule has 230 valence electrons. The molecule has 0 radical (unpaired) electrons. The van der Waals surface area contributed by atoms with Crippen molar-refractivity contribution < 1.29 is 33.6 Å². The third-order valence-electron chi connectivity index (χ3n) is 9.66. The van der Waals surface area contributed by atoms with Gasteiger partial charge < -0.3 is 28.8 Å². The molecule has 0 spiro atoms. The lowest BCUT2D eigenvalue weighted by molar-refractivity contribution is -0.196. The molecule has 4 aliphatic rings. The Kier molecular flexibility index (Phi) is 13.7. The number of methoxy groups -OCH3 is 1. The van der Waals surface area contributed by atoms with E-state index in [9.17, 15) is 9.90 Å². The summed E-state index contributed by atoms with van der Waals surface area (Å²) < 4.78 is 29.8. The van der Waals surface area contributed by atoms with Gasteiger partial charge in [-0.15, -0.1) is 0 Å². The average Bonchev–Trinajstić information content (AvgIpc) is 3.24. The molecule has 4 fully saturated rings. The predicted octanol–water partition coefficient (Wildman–Crippen LogP) is 6.70. The van der Waals surface area contributed by atoms with Crippen LogP contribution in [0.15, 0.2) is 12.2 Å². The van der Waals surface area contributed by atoms with Gasteiger partial charge in [0.05, 0.1) is 25.4 Å². The van der Waals surface area contributed by atoms with Crippen LogP contribution in [0.4, 0.5) is 0 Å². The van der Waals surface area contributed by atoms with Crippen LogP contribution in [0.2, 0.25) is 0 Å². The Bertz CT molecular complexity index is 739. The number of ether oxygens (including phenoxy) is 5. The van der Waals surface area contributed by atoms with E-state index in [1.54, 1.807) is 0 Å². The second-order valence-electron chi connectivity index (χ2n) is 12.7. The Labute approximate surface area is 242 Å². The summed E-state index contributed by atoms with van der Waals surface area (Å²) in [4.78, 5) is 11.4. The number of unbranched alkanes of at least 4 members (excludes halogenated alkanes) is 3. The zero-order chi connectivity index (χ0) is 28.2. The number of carbonyl (C=O) groups excluding carboxylic acids is 1. The van der Waals surface area contributed by atoms with Crippen molar-refractivity contribution in [2.45, 2.75) is 147 Å². The van der Waals surface area contributed by atoms with Gasteiger partial charge in [-0.05, 0) is 82.0 Å². The molecular formula is C33H56O7. The zero-order valence-corrected chi connectivity index (χ0v) is 25.2. The van der Waals surface area contributed by atoms with E-state index < -0.39 is 0 Å². The van der Waals surface area contributed by atoms with E-state index in [0.717, 1.165) is 89.8 Å². The van der Waals surface area contributed by atoms with Crippen molar-refractivity contribution in [1.29, 1.82) is 0 Å². The van der Waals surface area contributed by atoms with Gasteiger partial charge >= 0.3 is 5.97 Å². The van der Waals surface area contributed by atoms with Gasteiger partial charge in [0.25, 0.3) is 0 Å². The molecule has 2 saturated heterocycles. The van der Waals surface area contributed by atoms with E-state index in [0.29, 0.717) is 18.8 Å². The van der Waals surface area contributed by atoms with Crippen molar-refractivity contribution in [3.8, 4) is 0 Å². The van der Waals surface area contributed by atoms with Crippen LogP contribution in [-0.2, 0) is 28.5 Å². The average molecular weight is 565 g/mol. The highest BCUT2D eigenvalue weighted by atomic mass is 16.7. The van der Waals surface area contributed by atoms with Gasteiger partial charge in [-0.1, -0.05) is 51.2 Å². The molecule has 2 heterocycles. The van der Waals surface area contributed by atoms with E-state index in [2.05, 4.69) is 19.1 Å². The second-order valence-corrected chi connectivity index (χ2v) is 12.7. The Balaban J connectivity index is 1.39. The number of esters is 1. The fourth-order valence-corrected chi connectivity index (χ4v) is 7.26. The highest BCUT2D eigenvalue weighted by Crippen LogP contribution is 2.43. The molecule has 7 heteroatoms. The first-order chi connectivity index (χ1) is 19.6. The molecule has 2 saturated carbocycles. The summed E-state index contributed by atoms with van der Waals surface area (Å²) in [6.45, 7) is 3.82. The lowest BCUT2D eigenvalue weighted by Gasteiger charge is -2.41. The fraction of sp³-hybridized carbons (Fsp3) is 0.909. The second kappa shape index (κ2) is 17.2. The predicted molar refractivity (Wildman–Crippen MR) is 155 cm³/mol. The van der Waals surface area contributed by atoms with E-state index in [-0.39, 0.29) is 48.7 Å². The summed E-state index contributed by atoms with van der Waals surface area (Å²) in [7, 11) is 1.45. The van der Waals surface area contributed by atoms with Crippen molar-refractivity contribution in [2.75, 3.05) is 20.3 Å². The molecule has 4 rings (SSSR count). The molecule has 2 unspecified atom stereocenters. The maximum absolute atomic E-state index is 11.4. The number of rotatable bonds is 16. The normalized spacial score (nSPS) is 35.5. The van der Waals surface area contributed by atoms with Crippen LogP contribution >= 0.6 is 0 Å². The van der Waals surface area contributed by atoms with Crippen molar-refractivity contribution in [3.63, 3.8) is 0 Å². The minimum absolute atomic E-state index is 0.0421. The summed E-state index contributed by atoms with van der Waals surface area (Å²) in [6, 6.07) is 0. The third kappa shape index (κ3) is 9.79. The summed E-state index contributed by atoms with van der Waals surface area (Å²) >= 11 is 0. The van der Waals surface area contributed by atoms with Crippen LogP contribution in [0, 0.1) is 23.7 Å². The van der Waals surface area contributed by atoms with Crippen molar-refractivity contribution in [2.24, 2.45) is 23.7 Å². The van der Waals surface area contributed by atoms with Gasteiger partial charge in [0.1, 0.15) is 0 Å². The molecule has 7 nitrogen and oxygen atoms in total. The topological polar surface area (TPSA) is 83.5 Å². The van der Waals surface area contributed by atoms with Gasteiger partial charge in [-0.25, -0.2) is 0 Å². The molecule has 0 aromatic heterocycles.